The highest BCUT2D eigenvalue weighted by Crippen LogP contribution is 2.33. The van der Waals surface area contributed by atoms with Crippen LogP contribution in [0.5, 0.6) is 0 Å². The zero-order valence-corrected chi connectivity index (χ0v) is 16.7. The lowest BCUT2D eigenvalue weighted by atomic mass is 9.93. The summed E-state index contributed by atoms with van der Waals surface area (Å²) in [4.78, 5) is 0. The monoisotopic (exact) mass is 353 g/mol. The van der Waals surface area contributed by atoms with Crippen molar-refractivity contribution in [2.45, 2.75) is 27.7 Å². The van der Waals surface area contributed by atoms with Gasteiger partial charge in [-0.1, -0.05) is 48.0 Å². The quantitative estimate of drug-likeness (QED) is 0.376. The van der Waals surface area contributed by atoms with Gasteiger partial charge in [0.1, 0.15) is 7.05 Å². The van der Waals surface area contributed by atoms with E-state index in [1.165, 1.54) is 33.5 Å². The Morgan fingerprint density at radius 3 is 2.30 bits per heavy atom. The summed E-state index contributed by atoms with van der Waals surface area (Å²) in [7, 11) is 2.07. The molecule has 1 aromatic heterocycles. The first-order chi connectivity index (χ1) is 13.4. The summed E-state index contributed by atoms with van der Waals surface area (Å²) in [6.07, 6.45) is 0. The van der Waals surface area contributed by atoms with Crippen LogP contribution in [-0.2, 0) is 7.05 Å². The molecule has 134 valence electrons. The molecule has 0 saturated heterocycles. The van der Waals surface area contributed by atoms with Gasteiger partial charge in [-0.05, 0) is 66.6 Å². The first kappa shape index (κ1) is 16.3. The van der Waals surface area contributed by atoms with Crippen LogP contribution in [0.15, 0.2) is 66.7 Å². The number of rotatable bonds is 2. The Bertz CT molecular complexity index is 1210. The maximum Gasteiger partial charge on any atom is 0.220 e. The summed E-state index contributed by atoms with van der Waals surface area (Å²) in [5.74, 6) is 0. The second kappa shape index (κ2) is 6.66. The minimum absolute atomic E-state index is 0.598. The minimum Gasteiger partial charge on any atom is -0.198 e. The van der Waals surface area contributed by atoms with E-state index in [9.17, 15) is 0 Å². The molecular formula is C26H26N+. The van der Waals surface area contributed by atoms with E-state index in [4.69, 9.17) is 1.37 Å². The molecule has 4 rings (SSSR count). The largest absolute Gasteiger partial charge is 0.220 e. The second-order valence-electron chi connectivity index (χ2n) is 7.50. The topological polar surface area (TPSA) is 3.88 Å². The van der Waals surface area contributed by atoms with E-state index in [-0.39, 0.29) is 0 Å². The van der Waals surface area contributed by atoms with Crippen LogP contribution in [0.4, 0.5) is 0 Å². The third-order valence-corrected chi connectivity index (χ3v) is 5.60. The van der Waals surface area contributed by atoms with Gasteiger partial charge in [-0.25, -0.2) is 0 Å². The lowest BCUT2D eigenvalue weighted by molar-refractivity contribution is -0.665. The predicted octanol–water partition coefficient (Wildman–Crippen LogP) is 6.23. The van der Waals surface area contributed by atoms with Crippen LogP contribution < -0.4 is 4.57 Å². The zero-order valence-electron chi connectivity index (χ0n) is 17.7. The maximum atomic E-state index is 8.76. The molecule has 3 aromatic carbocycles. The van der Waals surface area contributed by atoms with Crippen molar-refractivity contribution >= 4 is 10.8 Å². The Morgan fingerprint density at radius 2 is 1.56 bits per heavy atom. The molecule has 1 heteroatoms. The molecule has 0 aliphatic rings. The summed E-state index contributed by atoms with van der Waals surface area (Å²) in [6, 6.07) is 22.0. The molecule has 0 fully saturated rings. The molecule has 1 nitrogen and oxygen atoms in total. The number of aromatic nitrogens is 1. The highest BCUT2D eigenvalue weighted by Gasteiger charge is 2.21. The highest BCUT2D eigenvalue weighted by atomic mass is 14.9. The van der Waals surface area contributed by atoms with E-state index < -0.39 is 0 Å². The molecule has 0 saturated carbocycles. The van der Waals surface area contributed by atoms with Gasteiger partial charge in [0.15, 0.2) is 5.69 Å². The maximum absolute atomic E-state index is 8.76. The van der Waals surface area contributed by atoms with Gasteiger partial charge in [0.25, 0.3) is 0 Å². The van der Waals surface area contributed by atoms with Crippen LogP contribution in [-0.4, -0.2) is 0 Å². The Balaban J connectivity index is 2.08. The van der Waals surface area contributed by atoms with Gasteiger partial charge in [-0.3, -0.25) is 0 Å². The van der Waals surface area contributed by atoms with Gasteiger partial charge in [-0.15, -0.1) is 0 Å². The van der Waals surface area contributed by atoms with E-state index in [0.717, 1.165) is 22.0 Å². The van der Waals surface area contributed by atoms with Crippen molar-refractivity contribution in [2.75, 3.05) is 0 Å². The van der Waals surface area contributed by atoms with Gasteiger partial charge in [-0.2, -0.15) is 4.57 Å². The number of nitrogens with zero attached hydrogens (tertiary/aromatic N) is 1. The average Bonchev–Trinajstić information content (AvgIpc) is 2.70. The molecule has 0 spiro atoms. The van der Waals surface area contributed by atoms with E-state index in [1.807, 2.05) is 13.0 Å². The summed E-state index contributed by atoms with van der Waals surface area (Å²) in [5.41, 5.74) is 9.61. The Hall–Kier alpha value is -2.93. The van der Waals surface area contributed by atoms with Gasteiger partial charge < -0.3 is 0 Å². The van der Waals surface area contributed by atoms with Crippen LogP contribution >= 0.6 is 0 Å². The van der Waals surface area contributed by atoms with Crippen LogP contribution in [0.2, 0.25) is 0 Å². The standard InChI is InChI=1S/C26H26N/c1-17-13-18(2)20(4)25(14-17)26-24-12-11-22(21-9-7-6-8-10-21)16-23(24)15-19(3)27(26)5/h6-16H,1-5H3/q+1/i15D. The number of aryl methyl sites for hydroxylation is 2. The molecule has 1 heterocycles. The van der Waals surface area contributed by atoms with Crippen LogP contribution in [0.3, 0.4) is 0 Å². The summed E-state index contributed by atoms with van der Waals surface area (Å²) in [6.45, 7) is 8.56. The van der Waals surface area contributed by atoms with E-state index in [0.29, 0.717) is 6.04 Å². The molecular weight excluding hydrogens is 326 g/mol. The highest BCUT2D eigenvalue weighted by molar-refractivity contribution is 5.96. The first-order valence-electron chi connectivity index (χ1n) is 9.95. The van der Waals surface area contributed by atoms with E-state index in [2.05, 4.69) is 87.0 Å². The zero-order chi connectivity index (χ0) is 20.0. The molecule has 27 heavy (non-hydrogen) atoms. The average molecular weight is 354 g/mol. The molecule has 0 unspecified atom stereocenters. The van der Waals surface area contributed by atoms with Crippen molar-refractivity contribution in [3.05, 3.63) is 89.1 Å². The number of benzene rings is 3. The van der Waals surface area contributed by atoms with Crippen molar-refractivity contribution in [2.24, 2.45) is 7.05 Å². The number of fused-ring (bicyclic) bond motifs is 1. The van der Waals surface area contributed by atoms with Crippen molar-refractivity contribution < 1.29 is 5.94 Å². The fourth-order valence-electron chi connectivity index (χ4n) is 3.90. The summed E-state index contributed by atoms with van der Waals surface area (Å²) < 4.78 is 10.9. The van der Waals surface area contributed by atoms with Crippen LogP contribution in [0.1, 0.15) is 23.8 Å². The van der Waals surface area contributed by atoms with E-state index >= 15 is 0 Å². The van der Waals surface area contributed by atoms with Crippen molar-refractivity contribution in [1.29, 1.82) is 0 Å². The summed E-state index contributed by atoms with van der Waals surface area (Å²) >= 11 is 0. The van der Waals surface area contributed by atoms with Gasteiger partial charge >= 0.3 is 0 Å². The van der Waals surface area contributed by atoms with Gasteiger partial charge in [0.05, 0.1) is 12.3 Å². The van der Waals surface area contributed by atoms with Crippen molar-refractivity contribution in [1.82, 2.24) is 0 Å². The van der Waals surface area contributed by atoms with Crippen LogP contribution in [0, 0.1) is 27.7 Å². The van der Waals surface area contributed by atoms with Gasteiger partial charge in [0, 0.05) is 13.0 Å². The predicted molar refractivity (Wildman–Crippen MR) is 115 cm³/mol. The number of hydrogen-bond acceptors (Lipinski definition) is 0. The Morgan fingerprint density at radius 1 is 0.815 bits per heavy atom. The molecule has 0 atom stereocenters. The van der Waals surface area contributed by atoms with Crippen LogP contribution in [0.25, 0.3) is 33.2 Å². The number of hydrogen-bond donors (Lipinski definition) is 0. The third kappa shape index (κ3) is 3.04. The minimum atomic E-state index is 0.598. The van der Waals surface area contributed by atoms with Crippen molar-refractivity contribution in [3.8, 4) is 22.4 Å². The van der Waals surface area contributed by atoms with Gasteiger partial charge in [0.2, 0.25) is 5.69 Å². The molecule has 4 aromatic rings. The number of pyridine rings is 1. The Kier molecular flexibility index (Phi) is 4.01. The first-order valence-corrected chi connectivity index (χ1v) is 9.45. The fourth-order valence-corrected chi connectivity index (χ4v) is 3.90. The molecule has 0 bridgehead atoms. The Labute approximate surface area is 163 Å². The smallest absolute Gasteiger partial charge is 0.198 e. The second-order valence-corrected chi connectivity index (χ2v) is 7.50. The SMILES string of the molecule is [2H]c1c(C)[n+](C)c(-c2cc(C)cc(C)c2C)c2ccc(-c3ccccc3)cc12. The molecule has 0 N–H and O–H groups in total. The molecule has 0 aliphatic heterocycles. The molecule has 0 amide bonds. The lowest BCUT2D eigenvalue weighted by Gasteiger charge is -2.13. The van der Waals surface area contributed by atoms with E-state index in [1.54, 1.807) is 0 Å². The lowest BCUT2D eigenvalue weighted by Crippen LogP contribution is -2.35. The fraction of sp³-hybridized carbons (Fsp3) is 0.192. The third-order valence-electron chi connectivity index (χ3n) is 5.60. The molecule has 0 aliphatic carbocycles. The molecule has 0 radical (unpaired) electrons. The van der Waals surface area contributed by atoms with Crippen molar-refractivity contribution in [3.63, 3.8) is 0 Å². The summed E-state index contributed by atoms with van der Waals surface area (Å²) in [5, 5.41) is 2.14. The normalized spacial score (nSPS) is 11.7.